The van der Waals surface area contributed by atoms with E-state index in [0.29, 0.717) is 5.92 Å². The maximum atomic E-state index is 3.44. The summed E-state index contributed by atoms with van der Waals surface area (Å²) in [5.41, 5.74) is 2.71. The minimum Gasteiger partial charge on any atom is -0.385 e. The molecule has 0 radical (unpaired) electrons. The first-order chi connectivity index (χ1) is 7.72. The molecule has 0 spiro atoms. The number of hydrogen-bond donors (Lipinski definition) is 1. The first kappa shape index (κ1) is 13.1. The number of rotatable bonds is 7. The van der Waals surface area contributed by atoms with Gasteiger partial charge < -0.3 is 5.32 Å². The highest BCUT2D eigenvalue weighted by atomic mass is 14.9. The molecule has 0 aliphatic rings. The van der Waals surface area contributed by atoms with Crippen LogP contribution in [0.3, 0.4) is 0 Å². The van der Waals surface area contributed by atoms with Crippen LogP contribution in [0, 0.1) is 5.92 Å². The summed E-state index contributed by atoms with van der Waals surface area (Å²) >= 11 is 0. The Kier molecular flexibility index (Phi) is 5.99. The summed E-state index contributed by atoms with van der Waals surface area (Å²) in [7, 11) is 0. The molecule has 0 saturated heterocycles. The van der Waals surface area contributed by atoms with Gasteiger partial charge in [-0.2, -0.15) is 0 Å². The molecule has 0 amide bonds. The average molecular weight is 219 g/mol. The van der Waals surface area contributed by atoms with Crippen LogP contribution in [0.1, 0.15) is 45.6 Å². The van der Waals surface area contributed by atoms with Gasteiger partial charge in [-0.1, -0.05) is 45.7 Å². The van der Waals surface area contributed by atoms with Crippen molar-refractivity contribution in [1.82, 2.24) is 0 Å². The van der Waals surface area contributed by atoms with E-state index in [1.54, 1.807) is 0 Å². The smallest absolute Gasteiger partial charge is 0.0340 e. The Morgan fingerprint density at radius 2 is 1.75 bits per heavy atom. The molecule has 1 nitrogen and oxygen atoms in total. The Morgan fingerprint density at radius 3 is 2.31 bits per heavy atom. The molecule has 0 aliphatic carbocycles. The van der Waals surface area contributed by atoms with Crippen molar-refractivity contribution < 1.29 is 0 Å². The summed E-state index contributed by atoms with van der Waals surface area (Å²) in [6.45, 7) is 7.76. The fourth-order valence-corrected chi connectivity index (χ4v) is 1.69. The van der Waals surface area contributed by atoms with E-state index in [-0.39, 0.29) is 0 Å². The molecule has 1 heteroatoms. The standard InChI is InChI=1S/C15H25N/c1-4-5-6-7-14-8-10-15(11-9-14)16-12-13(2)3/h8-11,13,16H,4-7,12H2,1-3H3. The molecule has 1 N–H and O–H groups in total. The van der Waals surface area contributed by atoms with Crippen molar-refractivity contribution in [2.75, 3.05) is 11.9 Å². The number of aryl methyl sites for hydroxylation is 1. The lowest BCUT2D eigenvalue weighted by atomic mass is 10.1. The molecule has 0 aromatic heterocycles. The van der Waals surface area contributed by atoms with Gasteiger partial charge in [-0.3, -0.25) is 0 Å². The Balaban J connectivity index is 2.35. The Labute approximate surface area is 100 Å². The Hall–Kier alpha value is -0.980. The predicted molar refractivity (Wildman–Crippen MR) is 73.0 cm³/mol. The topological polar surface area (TPSA) is 12.0 Å². The van der Waals surface area contributed by atoms with E-state index in [4.69, 9.17) is 0 Å². The zero-order valence-electron chi connectivity index (χ0n) is 10.9. The molecule has 16 heavy (non-hydrogen) atoms. The van der Waals surface area contributed by atoms with Crippen LogP contribution in [0.5, 0.6) is 0 Å². The van der Waals surface area contributed by atoms with Gasteiger partial charge in [0.2, 0.25) is 0 Å². The van der Waals surface area contributed by atoms with Crippen LogP contribution in [0.4, 0.5) is 5.69 Å². The number of nitrogens with one attached hydrogen (secondary N) is 1. The second-order valence-corrected chi connectivity index (χ2v) is 4.93. The summed E-state index contributed by atoms with van der Waals surface area (Å²) in [6, 6.07) is 8.89. The zero-order chi connectivity index (χ0) is 11.8. The quantitative estimate of drug-likeness (QED) is 0.666. The van der Waals surface area contributed by atoms with Gasteiger partial charge in [0, 0.05) is 12.2 Å². The fourth-order valence-electron chi connectivity index (χ4n) is 1.69. The number of hydrogen-bond acceptors (Lipinski definition) is 1. The second-order valence-electron chi connectivity index (χ2n) is 4.93. The van der Waals surface area contributed by atoms with Gasteiger partial charge in [0.15, 0.2) is 0 Å². The van der Waals surface area contributed by atoms with Crippen LogP contribution in [0.25, 0.3) is 0 Å². The molecular formula is C15H25N. The van der Waals surface area contributed by atoms with E-state index in [2.05, 4.69) is 50.4 Å². The van der Waals surface area contributed by atoms with Gasteiger partial charge in [-0.25, -0.2) is 0 Å². The summed E-state index contributed by atoms with van der Waals surface area (Å²) in [4.78, 5) is 0. The molecular weight excluding hydrogens is 194 g/mol. The molecule has 0 fully saturated rings. The lowest BCUT2D eigenvalue weighted by molar-refractivity contribution is 0.689. The van der Waals surface area contributed by atoms with Crippen molar-refractivity contribution in [2.45, 2.75) is 46.5 Å². The molecule has 0 bridgehead atoms. The normalized spacial score (nSPS) is 10.8. The highest BCUT2D eigenvalue weighted by Crippen LogP contribution is 2.12. The van der Waals surface area contributed by atoms with Crippen molar-refractivity contribution in [3.63, 3.8) is 0 Å². The molecule has 1 rings (SSSR count). The summed E-state index contributed by atoms with van der Waals surface area (Å²) in [5, 5.41) is 3.44. The highest BCUT2D eigenvalue weighted by molar-refractivity contribution is 5.44. The largest absolute Gasteiger partial charge is 0.385 e. The van der Waals surface area contributed by atoms with Gasteiger partial charge >= 0.3 is 0 Å². The van der Waals surface area contributed by atoms with Crippen LogP contribution < -0.4 is 5.32 Å². The summed E-state index contributed by atoms with van der Waals surface area (Å²) in [6.07, 6.45) is 5.18. The van der Waals surface area contributed by atoms with Gasteiger partial charge in [-0.05, 0) is 36.5 Å². The van der Waals surface area contributed by atoms with Gasteiger partial charge in [0.25, 0.3) is 0 Å². The van der Waals surface area contributed by atoms with Crippen LogP contribution in [-0.4, -0.2) is 6.54 Å². The van der Waals surface area contributed by atoms with E-state index < -0.39 is 0 Å². The molecule has 0 atom stereocenters. The predicted octanol–water partition coefficient (Wildman–Crippen LogP) is 4.49. The summed E-state index contributed by atoms with van der Waals surface area (Å²) < 4.78 is 0. The SMILES string of the molecule is CCCCCc1ccc(NCC(C)C)cc1. The third-order valence-electron chi connectivity index (χ3n) is 2.74. The third kappa shape index (κ3) is 5.20. The Morgan fingerprint density at radius 1 is 1.06 bits per heavy atom. The molecule has 90 valence electrons. The van der Waals surface area contributed by atoms with E-state index >= 15 is 0 Å². The van der Waals surface area contributed by atoms with Crippen LogP contribution >= 0.6 is 0 Å². The lowest BCUT2D eigenvalue weighted by Gasteiger charge is -2.09. The maximum absolute atomic E-state index is 3.44. The fraction of sp³-hybridized carbons (Fsp3) is 0.600. The van der Waals surface area contributed by atoms with Crippen molar-refractivity contribution in [3.05, 3.63) is 29.8 Å². The van der Waals surface area contributed by atoms with Crippen LogP contribution in [-0.2, 0) is 6.42 Å². The van der Waals surface area contributed by atoms with Gasteiger partial charge in [0.05, 0.1) is 0 Å². The minimum absolute atomic E-state index is 0.698. The van der Waals surface area contributed by atoms with Crippen molar-refractivity contribution in [2.24, 2.45) is 5.92 Å². The number of benzene rings is 1. The molecule has 1 aromatic rings. The number of unbranched alkanes of at least 4 members (excludes halogenated alkanes) is 2. The molecule has 0 saturated carbocycles. The van der Waals surface area contributed by atoms with Crippen molar-refractivity contribution in [3.8, 4) is 0 Å². The zero-order valence-corrected chi connectivity index (χ0v) is 10.9. The lowest BCUT2D eigenvalue weighted by Crippen LogP contribution is -2.07. The molecule has 0 aliphatic heterocycles. The van der Waals surface area contributed by atoms with Gasteiger partial charge in [-0.15, -0.1) is 0 Å². The third-order valence-corrected chi connectivity index (χ3v) is 2.74. The van der Waals surface area contributed by atoms with E-state index in [1.807, 2.05) is 0 Å². The van der Waals surface area contributed by atoms with E-state index in [9.17, 15) is 0 Å². The second kappa shape index (κ2) is 7.32. The first-order valence-corrected chi connectivity index (χ1v) is 6.55. The monoisotopic (exact) mass is 219 g/mol. The van der Waals surface area contributed by atoms with Crippen LogP contribution in [0.15, 0.2) is 24.3 Å². The highest BCUT2D eigenvalue weighted by Gasteiger charge is 1.96. The van der Waals surface area contributed by atoms with Gasteiger partial charge in [0.1, 0.15) is 0 Å². The first-order valence-electron chi connectivity index (χ1n) is 6.55. The Bertz CT molecular complexity index is 274. The van der Waals surface area contributed by atoms with Crippen LogP contribution in [0.2, 0.25) is 0 Å². The summed E-state index contributed by atoms with van der Waals surface area (Å²) in [5.74, 6) is 0.698. The molecule has 0 unspecified atom stereocenters. The number of anilines is 1. The van der Waals surface area contributed by atoms with Crippen molar-refractivity contribution in [1.29, 1.82) is 0 Å². The molecule has 1 aromatic carbocycles. The van der Waals surface area contributed by atoms with Crippen molar-refractivity contribution >= 4 is 5.69 Å². The minimum atomic E-state index is 0.698. The van der Waals surface area contributed by atoms with E-state index in [1.165, 1.54) is 36.9 Å². The maximum Gasteiger partial charge on any atom is 0.0340 e. The van der Waals surface area contributed by atoms with E-state index in [0.717, 1.165) is 6.54 Å². The average Bonchev–Trinajstić information content (AvgIpc) is 2.28. The molecule has 0 heterocycles.